The Morgan fingerprint density at radius 2 is 1.68 bits per heavy atom. The number of aryl methyl sites for hydroxylation is 2. The molecule has 0 aliphatic heterocycles. The maximum Gasteiger partial charge on any atom is 0.240 e. The molecule has 1 N–H and O–H groups in total. The monoisotopic (exact) mass is 460 g/mol. The van der Waals surface area contributed by atoms with Crippen molar-refractivity contribution in [3.8, 4) is 5.75 Å². The standard InChI is InChI=1S/C22H24N2O5S2/c1-16-13-21(17(2)12-20(16)29-3)31(27,28)24-15-22(18-8-7-11-23-14-18)30(25,26)19-9-5-4-6-10-19/h4-14,22,24H,15H2,1-3H3/t22-/m0/s1. The highest BCUT2D eigenvalue weighted by Gasteiger charge is 2.31. The number of sulfone groups is 1. The second-order valence-electron chi connectivity index (χ2n) is 7.07. The zero-order valence-corrected chi connectivity index (χ0v) is 19.1. The number of nitrogens with zero attached hydrogens (tertiary/aromatic N) is 1. The second-order valence-corrected chi connectivity index (χ2v) is 10.9. The molecular weight excluding hydrogens is 436 g/mol. The minimum Gasteiger partial charge on any atom is -0.496 e. The molecular formula is C22H24N2O5S2. The van der Waals surface area contributed by atoms with Crippen molar-refractivity contribution in [3.63, 3.8) is 0 Å². The zero-order valence-electron chi connectivity index (χ0n) is 17.4. The molecule has 0 bridgehead atoms. The van der Waals surface area contributed by atoms with Crippen LogP contribution < -0.4 is 9.46 Å². The van der Waals surface area contributed by atoms with Gasteiger partial charge in [-0.05, 0) is 60.9 Å². The van der Waals surface area contributed by atoms with Gasteiger partial charge in [0.15, 0.2) is 9.84 Å². The van der Waals surface area contributed by atoms with Gasteiger partial charge in [0.05, 0.1) is 16.9 Å². The van der Waals surface area contributed by atoms with Crippen LogP contribution in [0.2, 0.25) is 0 Å². The molecule has 9 heteroatoms. The quantitative estimate of drug-likeness (QED) is 0.554. The molecule has 3 aromatic rings. The molecule has 0 amide bonds. The molecule has 7 nitrogen and oxygen atoms in total. The van der Waals surface area contributed by atoms with Gasteiger partial charge in [-0.25, -0.2) is 21.6 Å². The first kappa shape index (κ1) is 22.9. The number of methoxy groups -OCH3 is 1. The van der Waals surface area contributed by atoms with Crippen molar-refractivity contribution in [2.75, 3.05) is 13.7 Å². The first-order chi connectivity index (χ1) is 14.7. The molecule has 31 heavy (non-hydrogen) atoms. The first-order valence-corrected chi connectivity index (χ1v) is 12.5. The van der Waals surface area contributed by atoms with Crippen LogP contribution in [0.4, 0.5) is 0 Å². The fourth-order valence-corrected chi connectivity index (χ4v) is 6.41. The van der Waals surface area contributed by atoms with E-state index in [1.807, 2.05) is 0 Å². The van der Waals surface area contributed by atoms with E-state index in [-0.39, 0.29) is 16.3 Å². The Labute approximate surface area is 183 Å². The van der Waals surface area contributed by atoms with E-state index >= 15 is 0 Å². The molecule has 0 unspecified atom stereocenters. The zero-order chi connectivity index (χ0) is 22.6. The van der Waals surface area contributed by atoms with Gasteiger partial charge in [0.2, 0.25) is 10.0 Å². The molecule has 0 saturated heterocycles. The van der Waals surface area contributed by atoms with Crippen LogP contribution in [0.25, 0.3) is 0 Å². The number of rotatable bonds is 8. The Hall–Kier alpha value is -2.75. The largest absolute Gasteiger partial charge is 0.496 e. The summed E-state index contributed by atoms with van der Waals surface area (Å²) < 4.78 is 60.4. The van der Waals surface area contributed by atoms with E-state index in [2.05, 4.69) is 9.71 Å². The predicted octanol–water partition coefficient (Wildman–Crippen LogP) is 3.20. The normalized spacial score (nSPS) is 13.0. The van der Waals surface area contributed by atoms with Crippen molar-refractivity contribution in [1.82, 2.24) is 9.71 Å². The number of benzene rings is 2. The van der Waals surface area contributed by atoms with Gasteiger partial charge in [0, 0.05) is 18.9 Å². The Morgan fingerprint density at radius 1 is 0.968 bits per heavy atom. The van der Waals surface area contributed by atoms with Crippen LogP contribution in [-0.4, -0.2) is 35.5 Å². The van der Waals surface area contributed by atoms with E-state index in [0.717, 1.165) is 0 Å². The number of pyridine rings is 1. The van der Waals surface area contributed by atoms with Crippen LogP contribution in [0.5, 0.6) is 5.75 Å². The highest BCUT2D eigenvalue weighted by atomic mass is 32.2. The summed E-state index contributed by atoms with van der Waals surface area (Å²) in [5, 5.41) is -1.14. The van der Waals surface area contributed by atoms with Crippen molar-refractivity contribution in [3.05, 3.63) is 83.7 Å². The number of nitrogens with one attached hydrogen (secondary N) is 1. The van der Waals surface area contributed by atoms with Crippen LogP contribution in [0.15, 0.2) is 76.8 Å². The fourth-order valence-electron chi connectivity index (χ4n) is 3.28. The number of sulfonamides is 1. The van der Waals surface area contributed by atoms with Crippen LogP contribution in [0, 0.1) is 13.8 Å². The number of hydrogen-bond donors (Lipinski definition) is 1. The van der Waals surface area contributed by atoms with Crippen molar-refractivity contribution in [2.24, 2.45) is 0 Å². The summed E-state index contributed by atoms with van der Waals surface area (Å²) in [5.41, 5.74) is 1.56. The molecule has 1 aromatic heterocycles. The third kappa shape index (κ3) is 4.95. The summed E-state index contributed by atoms with van der Waals surface area (Å²) >= 11 is 0. The summed E-state index contributed by atoms with van der Waals surface area (Å²) in [6.07, 6.45) is 2.96. The lowest BCUT2D eigenvalue weighted by Gasteiger charge is -2.19. The Balaban J connectivity index is 1.97. The molecule has 1 heterocycles. The maximum absolute atomic E-state index is 13.3. The summed E-state index contributed by atoms with van der Waals surface area (Å²) in [6, 6.07) is 14.3. The van der Waals surface area contributed by atoms with Crippen molar-refractivity contribution in [2.45, 2.75) is 28.9 Å². The van der Waals surface area contributed by atoms with Gasteiger partial charge in [-0.3, -0.25) is 4.98 Å². The van der Waals surface area contributed by atoms with Crippen LogP contribution >= 0.6 is 0 Å². The van der Waals surface area contributed by atoms with Gasteiger partial charge in [0.25, 0.3) is 0 Å². The minimum absolute atomic E-state index is 0.0767. The molecule has 0 saturated carbocycles. The molecule has 2 aromatic carbocycles. The lowest BCUT2D eigenvalue weighted by molar-refractivity contribution is 0.411. The SMILES string of the molecule is COc1cc(C)c(S(=O)(=O)NC[C@@H](c2cccnc2)S(=O)(=O)c2ccccc2)cc1C. The Morgan fingerprint density at radius 3 is 2.29 bits per heavy atom. The fraction of sp³-hybridized carbons (Fsp3) is 0.227. The summed E-state index contributed by atoms with van der Waals surface area (Å²) in [7, 11) is -6.33. The van der Waals surface area contributed by atoms with E-state index in [4.69, 9.17) is 4.74 Å². The topological polar surface area (TPSA) is 102 Å². The number of ether oxygens (including phenoxy) is 1. The minimum atomic E-state index is -3.97. The average Bonchev–Trinajstić information content (AvgIpc) is 2.76. The number of aromatic nitrogens is 1. The van der Waals surface area contributed by atoms with Gasteiger partial charge < -0.3 is 4.74 Å². The summed E-state index contributed by atoms with van der Waals surface area (Å²) in [4.78, 5) is 4.19. The average molecular weight is 461 g/mol. The smallest absolute Gasteiger partial charge is 0.240 e. The Bertz CT molecular complexity index is 1260. The molecule has 0 fully saturated rings. The highest BCUT2D eigenvalue weighted by Crippen LogP contribution is 2.29. The van der Waals surface area contributed by atoms with Crippen LogP contribution in [-0.2, 0) is 19.9 Å². The van der Waals surface area contributed by atoms with Gasteiger partial charge in [-0.15, -0.1) is 0 Å². The first-order valence-electron chi connectivity index (χ1n) is 9.50. The van der Waals surface area contributed by atoms with E-state index in [9.17, 15) is 16.8 Å². The highest BCUT2D eigenvalue weighted by molar-refractivity contribution is 7.92. The Kier molecular flexibility index (Phi) is 6.78. The van der Waals surface area contributed by atoms with Crippen LogP contribution in [0.1, 0.15) is 21.9 Å². The van der Waals surface area contributed by atoms with Crippen molar-refractivity contribution >= 4 is 19.9 Å². The lowest BCUT2D eigenvalue weighted by Crippen LogP contribution is -2.32. The molecule has 0 aliphatic carbocycles. The molecule has 0 aliphatic rings. The van der Waals surface area contributed by atoms with E-state index in [1.54, 1.807) is 50.2 Å². The summed E-state index contributed by atoms with van der Waals surface area (Å²) in [5.74, 6) is 0.580. The second kappa shape index (κ2) is 9.17. The van der Waals surface area contributed by atoms with Crippen molar-refractivity contribution < 1.29 is 21.6 Å². The molecule has 0 radical (unpaired) electrons. The molecule has 0 spiro atoms. The van der Waals surface area contributed by atoms with Gasteiger partial charge in [-0.2, -0.15) is 0 Å². The predicted molar refractivity (Wildman–Crippen MR) is 118 cm³/mol. The van der Waals surface area contributed by atoms with E-state index < -0.39 is 25.1 Å². The number of hydrogen-bond acceptors (Lipinski definition) is 6. The maximum atomic E-state index is 13.3. The third-order valence-corrected chi connectivity index (χ3v) is 8.63. The summed E-state index contributed by atoms with van der Waals surface area (Å²) in [6.45, 7) is 3.07. The molecule has 1 atom stereocenters. The van der Waals surface area contributed by atoms with Gasteiger partial charge in [-0.1, -0.05) is 24.3 Å². The molecule has 3 rings (SSSR count). The molecule has 164 valence electrons. The lowest BCUT2D eigenvalue weighted by atomic mass is 10.1. The van der Waals surface area contributed by atoms with Crippen LogP contribution in [0.3, 0.4) is 0 Å². The third-order valence-electron chi connectivity index (χ3n) is 4.94. The van der Waals surface area contributed by atoms with E-state index in [0.29, 0.717) is 22.4 Å². The van der Waals surface area contributed by atoms with E-state index in [1.165, 1.54) is 37.7 Å². The van der Waals surface area contributed by atoms with Crippen molar-refractivity contribution in [1.29, 1.82) is 0 Å². The van der Waals surface area contributed by atoms with Gasteiger partial charge >= 0.3 is 0 Å². The van der Waals surface area contributed by atoms with Gasteiger partial charge in [0.1, 0.15) is 11.0 Å².